The minimum absolute atomic E-state index is 0.118. The Morgan fingerprint density at radius 3 is 1.92 bits per heavy atom. The zero-order chi connectivity index (χ0) is 9.41. The van der Waals surface area contributed by atoms with Crippen LogP contribution >= 0.6 is 0 Å². The first-order valence-corrected chi connectivity index (χ1v) is 5.10. The normalized spacial score (nSPS) is 23.8. The Bertz CT molecular complexity index is 149. The van der Waals surface area contributed by atoms with Crippen LogP contribution in [0.5, 0.6) is 0 Å². The minimum atomic E-state index is 0.118. The summed E-state index contributed by atoms with van der Waals surface area (Å²) in [6, 6.07) is 0. The van der Waals surface area contributed by atoms with Gasteiger partial charge in [0.1, 0.15) is 0 Å². The van der Waals surface area contributed by atoms with Crippen molar-refractivity contribution in [1.29, 1.82) is 0 Å². The first-order chi connectivity index (χ1) is 5.31. The Kier molecular flexibility index (Phi) is 2.53. The minimum Gasteiger partial charge on any atom is -0.325 e. The van der Waals surface area contributed by atoms with E-state index in [9.17, 15) is 0 Å². The second-order valence-corrected chi connectivity index (χ2v) is 5.84. The van der Waals surface area contributed by atoms with Crippen LogP contribution in [0.2, 0.25) is 0 Å². The van der Waals surface area contributed by atoms with E-state index in [0.29, 0.717) is 5.41 Å². The fourth-order valence-electron chi connectivity index (χ4n) is 1.59. The van der Waals surface area contributed by atoms with Crippen molar-refractivity contribution in [3.8, 4) is 0 Å². The fraction of sp³-hybridized carbons (Fsp3) is 1.00. The third-order valence-electron chi connectivity index (χ3n) is 2.92. The number of nitrogens with two attached hydrogens (primary N) is 1. The number of hydrogen-bond donors (Lipinski definition) is 1. The van der Waals surface area contributed by atoms with Gasteiger partial charge in [0.25, 0.3) is 0 Å². The van der Waals surface area contributed by atoms with E-state index in [2.05, 4.69) is 27.7 Å². The van der Waals surface area contributed by atoms with Crippen molar-refractivity contribution in [3.63, 3.8) is 0 Å². The molecule has 0 aromatic heterocycles. The molecule has 0 radical (unpaired) electrons. The molecule has 1 rings (SSSR count). The van der Waals surface area contributed by atoms with Crippen molar-refractivity contribution in [2.24, 2.45) is 17.1 Å². The molecule has 1 saturated carbocycles. The molecule has 1 aliphatic rings. The van der Waals surface area contributed by atoms with Crippen molar-refractivity contribution in [2.45, 2.75) is 58.9 Å². The predicted molar refractivity (Wildman–Crippen MR) is 54.0 cm³/mol. The molecule has 1 heteroatoms. The van der Waals surface area contributed by atoms with E-state index in [0.717, 1.165) is 5.92 Å². The maximum Gasteiger partial charge on any atom is 0.0154 e. The van der Waals surface area contributed by atoms with E-state index in [1.165, 1.54) is 25.7 Å². The van der Waals surface area contributed by atoms with Gasteiger partial charge in [-0.25, -0.2) is 0 Å². The average Bonchev–Trinajstić information content (AvgIpc) is 2.62. The molecule has 0 aliphatic heterocycles. The number of hydrogen-bond acceptors (Lipinski definition) is 1. The molecular weight excluding hydrogens is 146 g/mol. The van der Waals surface area contributed by atoms with Crippen LogP contribution < -0.4 is 5.73 Å². The molecule has 1 atom stereocenters. The summed E-state index contributed by atoms with van der Waals surface area (Å²) in [6.45, 7) is 9.08. The van der Waals surface area contributed by atoms with E-state index in [-0.39, 0.29) is 5.54 Å². The molecule has 0 aromatic carbocycles. The molecule has 1 aliphatic carbocycles. The zero-order valence-corrected chi connectivity index (χ0v) is 8.98. The second kappa shape index (κ2) is 3.02. The van der Waals surface area contributed by atoms with Crippen molar-refractivity contribution in [1.82, 2.24) is 0 Å². The Morgan fingerprint density at radius 2 is 1.58 bits per heavy atom. The molecule has 0 aromatic rings. The zero-order valence-electron chi connectivity index (χ0n) is 8.98. The molecule has 0 bridgehead atoms. The van der Waals surface area contributed by atoms with Gasteiger partial charge in [0.15, 0.2) is 0 Å². The van der Waals surface area contributed by atoms with Gasteiger partial charge in [-0.05, 0) is 43.9 Å². The first kappa shape index (κ1) is 10.0. The lowest BCUT2D eigenvalue weighted by atomic mass is 9.82. The summed E-state index contributed by atoms with van der Waals surface area (Å²) in [4.78, 5) is 0. The van der Waals surface area contributed by atoms with Crippen LogP contribution in [0.25, 0.3) is 0 Å². The van der Waals surface area contributed by atoms with E-state index < -0.39 is 0 Å². The van der Waals surface area contributed by atoms with E-state index >= 15 is 0 Å². The maximum atomic E-state index is 6.23. The highest BCUT2D eigenvalue weighted by atomic mass is 14.8. The summed E-state index contributed by atoms with van der Waals surface area (Å²) >= 11 is 0. The van der Waals surface area contributed by atoms with Gasteiger partial charge in [0.2, 0.25) is 0 Å². The summed E-state index contributed by atoms with van der Waals surface area (Å²) in [6.07, 6.45) is 5.14. The van der Waals surface area contributed by atoms with Gasteiger partial charge in [-0.15, -0.1) is 0 Å². The summed E-state index contributed by atoms with van der Waals surface area (Å²) in [5, 5.41) is 0. The van der Waals surface area contributed by atoms with Crippen LogP contribution in [-0.4, -0.2) is 5.54 Å². The van der Waals surface area contributed by atoms with Crippen LogP contribution in [0.3, 0.4) is 0 Å². The molecule has 1 unspecified atom stereocenters. The van der Waals surface area contributed by atoms with Crippen LogP contribution in [-0.2, 0) is 0 Å². The van der Waals surface area contributed by atoms with Gasteiger partial charge >= 0.3 is 0 Å². The standard InChI is InChI=1S/C11H23N/c1-10(2,3)7-8-11(4,12)9-5-6-9/h9H,5-8,12H2,1-4H3. The van der Waals surface area contributed by atoms with Crippen molar-refractivity contribution < 1.29 is 0 Å². The topological polar surface area (TPSA) is 26.0 Å². The lowest BCUT2D eigenvalue weighted by Gasteiger charge is -2.28. The Hall–Kier alpha value is -0.0400. The summed E-state index contributed by atoms with van der Waals surface area (Å²) < 4.78 is 0. The molecule has 0 saturated heterocycles. The largest absolute Gasteiger partial charge is 0.325 e. The highest BCUT2D eigenvalue weighted by Gasteiger charge is 2.38. The van der Waals surface area contributed by atoms with Gasteiger partial charge < -0.3 is 5.73 Å². The first-order valence-electron chi connectivity index (χ1n) is 5.10. The van der Waals surface area contributed by atoms with Crippen molar-refractivity contribution in [2.75, 3.05) is 0 Å². The molecule has 72 valence electrons. The monoisotopic (exact) mass is 169 g/mol. The molecule has 0 heterocycles. The lowest BCUT2D eigenvalue weighted by molar-refractivity contribution is 0.283. The lowest BCUT2D eigenvalue weighted by Crippen LogP contribution is -2.39. The summed E-state index contributed by atoms with van der Waals surface area (Å²) in [7, 11) is 0. The van der Waals surface area contributed by atoms with Gasteiger partial charge in [-0.3, -0.25) is 0 Å². The van der Waals surface area contributed by atoms with E-state index in [4.69, 9.17) is 5.73 Å². The second-order valence-electron chi connectivity index (χ2n) is 5.84. The molecule has 0 spiro atoms. The molecule has 1 nitrogen and oxygen atoms in total. The Balaban J connectivity index is 2.30. The Labute approximate surface area is 76.7 Å². The van der Waals surface area contributed by atoms with Gasteiger partial charge in [0.05, 0.1) is 0 Å². The van der Waals surface area contributed by atoms with Gasteiger partial charge in [-0.1, -0.05) is 20.8 Å². The maximum absolute atomic E-state index is 6.23. The van der Waals surface area contributed by atoms with Gasteiger partial charge in [0, 0.05) is 5.54 Å². The fourth-order valence-corrected chi connectivity index (χ4v) is 1.59. The van der Waals surface area contributed by atoms with Crippen molar-refractivity contribution in [3.05, 3.63) is 0 Å². The Morgan fingerprint density at radius 1 is 1.08 bits per heavy atom. The molecule has 12 heavy (non-hydrogen) atoms. The quantitative estimate of drug-likeness (QED) is 0.690. The van der Waals surface area contributed by atoms with Crippen LogP contribution in [0, 0.1) is 11.3 Å². The highest BCUT2D eigenvalue weighted by molar-refractivity contribution is 4.95. The molecule has 2 N–H and O–H groups in total. The van der Waals surface area contributed by atoms with E-state index in [1.54, 1.807) is 0 Å². The third kappa shape index (κ3) is 3.14. The van der Waals surface area contributed by atoms with Crippen LogP contribution in [0.1, 0.15) is 53.4 Å². The summed E-state index contributed by atoms with van der Waals surface area (Å²) in [5.41, 5.74) is 6.79. The summed E-state index contributed by atoms with van der Waals surface area (Å²) in [5.74, 6) is 0.819. The molecule has 0 amide bonds. The highest BCUT2D eigenvalue weighted by Crippen LogP contribution is 2.41. The molecule has 1 fully saturated rings. The van der Waals surface area contributed by atoms with Crippen molar-refractivity contribution >= 4 is 0 Å². The predicted octanol–water partition coefficient (Wildman–Crippen LogP) is 2.94. The van der Waals surface area contributed by atoms with Gasteiger partial charge in [-0.2, -0.15) is 0 Å². The smallest absolute Gasteiger partial charge is 0.0154 e. The molecular formula is C11H23N. The average molecular weight is 169 g/mol. The van der Waals surface area contributed by atoms with Crippen LogP contribution in [0.15, 0.2) is 0 Å². The SMILES string of the molecule is CC(C)(C)CCC(C)(N)C1CC1. The number of rotatable bonds is 3. The van der Waals surface area contributed by atoms with E-state index in [1.807, 2.05) is 0 Å². The van der Waals surface area contributed by atoms with Crippen LogP contribution in [0.4, 0.5) is 0 Å². The third-order valence-corrected chi connectivity index (χ3v) is 2.92.